The van der Waals surface area contributed by atoms with Gasteiger partial charge in [-0.1, -0.05) is 18.0 Å². The number of aromatic nitrogens is 1. The van der Waals surface area contributed by atoms with Crippen molar-refractivity contribution in [3.05, 3.63) is 28.5 Å². The van der Waals surface area contributed by atoms with Gasteiger partial charge in [0.15, 0.2) is 0 Å². The second-order valence-electron chi connectivity index (χ2n) is 6.26. The number of nitrogens with zero attached hydrogens (tertiary/aromatic N) is 3. The zero-order valence-corrected chi connectivity index (χ0v) is 13.4. The van der Waals surface area contributed by atoms with Gasteiger partial charge in [-0.3, -0.25) is 14.7 Å². The normalized spacial score (nSPS) is 26.5. The molecule has 4 nitrogen and oxygen atoms in total. The lowest BCUT2D eigenvalue weighted by Gasteiger charge is -2.47. The SMILES string of the molecule is Cc1cc(Cl)c(C(=O)N2CC3CCCCN3CC2C)cn1. The molecule has 0 saturated carbocycles. The molecule has 1 aromatic heterocycles. The maximum atomic E-state index is 12.8. The van der Waals surface area contributed by atoms with E-state index in [0.717, 1.165) is 18.8 Å². The average Bonchev–Trinajstić information content (AvgIpc) is 2.46. The Labute approximate surface area is 131 Å². The molecular weight excluding hydrogens is 286 g/mol. The Balaban J connectivity index is 1.80. The topological polar surface area (TPSA) is 36.4 Å². The fourth-order valence-corrected chi connectivity index (χ4v) is 3.76. The lowest BCUT2D eigenvalue weighted by atomic mass is 9.96. The quantitative estimate of drug-likeness (QED) is 0.800. The molecule has 2 atom stereocenters. The van der Waals surface area contributed by atoms with Crippen LogP contribution >= 0.6 is 11.6 Å². The van der Waals surface area contributed by atoms with E-state index in [1.807, 2.05) is 11.8 Å². The Hall–Kier alpha value is -1.13. The molecule has 2 fully saturated rings. The number of carbonyl (C=O) groups excluding carboxylic acids is 1. The highest BCUT2D eigenvalue weighted by Gasteiger charge is 2.36. The molecule has 114 valence electrons. The molecule has 0 spiro atoms. The number of amides is 1. The third kappa shape index (κ3) is 2.92. The van der Waals surface area contributed by atoms with E-state index in [1.165, 1.54) is 25.8 Å². The summed E-state index contributed by atoms with van der Waals surface area (Å²) in [7, 11) is 0. The highest BCUT2D eigenvalue weighted by Crippen LogP contribution is 2.26. The molecule has 2 saturated heterocycles. The molecule has 1 aromatic rings. The van der Waals surface area contributed by atoms with Crippen LogP contribution in [0.4, 0.5) is 0 Å². The number of rotatable bonds is 1. The summed E-state index contributed by atoms with van der Waals surface area (Å²) in [4.78, 5) is 21.5. The number of hydrogen-bond acceptors (Lipinski definition) is 3. The number of piperidine rings is 1. The van der Waals surface area contributed by atoms with Gasteiger partial charge in [0.2, 0.25) is 0 Å². The Morgan fingerprint density at radius 3 is 2.95 bits per heavy atom. The summed E-state index contributed by atoms with van der Waals surface area (Å²) < 4.78 is 0. The van der Waals surface area contributed by atoms with Gasteiger partial charge in [0.05, 0.1) is 10.6 Å². The van der Waals surface area contributed by atoms with E-state index >= 15 is 0 Å². The first kappa shape index (κ1) is 14.8. The Bertz CT molecular complexity index is 548. The molecule has 21 heavy (non-hydrogen) atoms. The van der Waals surface area contributed by atoms with Crippen LogP contribution in [0.15, 0.2) is 12.3 Å². The van der Waals surface area contributed by atoms with Crippen molar-refractivity contribution in [2.75, 3.05) is 19.6 Å². The number of carbonyl (C=O) groups is 1. The predicted octanol–water partition coefficient (Wildman–Crippen LogP) is 2.74. The minimum atomic E-state index is 0.0187. The Morgan fingerprint density at radius 1 is 1.38 bits per heavy atom. The van der Waals surface area contributed by atoms with Crippen molar-refractivity contribution >= 4 is 17.5 Å². The van der Waals surface area contributed by atoms with Crippen molar-refractivity contribution in [1.29, 1.82) is 0 Å². The standard InChI is InChI=1S/C16H22ClN3O/c1-11-7-15(17)14(8-18-11)16(21)20-10-13-5-3-4-6-19(13)9-12(20)2/h7-8,12-13H,3-6,9-10H2,1-2H3. The van der Waals surface area contributed by atoms with Crippen LogP contribution in [-0.4, -0.2) is 52.4 Å². The van der Waals surface area contributed by atoms with Gasteiger partial charge in [0, 0.05) is 37.1 Å². The van der Waals surface area contributed by atoms with E-state index in [-0.39, 0.29) is 11.9 Å². The molecule has 5 heteroatoms. The third-order valence-corrected chi connectivity index (χ3v) is 4.98. The molecule has 3 rings (SSSR count). The lowest BCUT2D eigenvalue weighted by molar-refractivity contribution is 0.0151. The molecule has 0 aliphatic carbocycles. The molecular formula is C16H22ClN3O. The first-order chi connectivity index (χ1) is 10.1. The fourth-order valence-electron chi connectivity index (χ4n) is 3.47. The second-order valence-corrected chi connectivity index (χ2v) is 6.66. The zero-order valence-electron chi connectivity index (χ0n) is 12.7. The van der Waals surface area contributed by atoms with Crippen molar-refractivity contribution in [2.24, 2.45) is 0 Å². The monoisotopic (exact) mass is 307 g/mol. The molecule has 0 N–H and O–H groups in total. The first-order valence-electron chi connectivity index (χ1n) is 7.73. The maximum Gasteiger partial charge on any atom is 0.257 e. The fraction of sp³-hybridized carbons (Fsp3) is 0.625. The number of pyridine rings is 1. The van der Waals surface area contributed by atoms with Crippen molar-refractivity contribution in [3.63, 3.8) is 0 Å². The van der Waals surface area contributed by atoms with E-state index in [9.17, 15) is 4.79 Å². The summed E-state index contributed by atoms with van der Waals surface area (Å²) in [5, 5.41) is 0.505. The van der Waals surface area contributed by atoms with Crippen molar-refractivity contribution in [1.82, 2.24) is 14.8 Å². The molecule has 1 amide bonds. The smallest absolute Gasteiger partial charge is 0.257 e. The lowest BCUT2D eigenvalue weighted by Crippen LogP contribution is -2.60. The van der Waals surface area contributed by atoms with Crippen LogP contribution in [0.5, 0.6) is 0 Å². The van der Waals surface area contributed by atoms with Gasteiger partial charge >= 0.3 is 0 Å². The minimum absolute atomic E-state index is 0.0187. The van der Waals surface area contributed by atoms with E-state index in [2.05, 4.69) is 16.8 Å². The average molecular weight is 308 g/mol. The van der Waals surface area contributed by atoms with E-state index < -0.39 is 0 Å². The zero-order chi connectivity index (χ0) is 15.0. The van der Waals surface area contributed by atoms with Gasteiger partial charge in [-0.25, -0.2) is 0 Å². The summed E-state index contributed by atoms with van der Waals surface area (Å²) in [5.41, 5.74) is 1.36. The summed E-state index contributed by atoms with van der Waals surface area (Å²) in [5.74, 6) is 0.0187. The van der Waals surface area contributed by atoms with Crippen LogP contribution in [0.1, 0.15) is 42.2 Å². The predicted molar refractivity (Wildman–Crippen MR) is 83.7 cm³/mol. The minimum Gasteiger partial charge on any atom is -0.333 e. The van der Waals surface area contributed by atoms with Gasteiger partial charge < -0.3 is 4.90 Å². The van der Waals surface area contributed by atoms with Crippen LogP contribution in [0.3, 0.4) is 0 Å². The summed E-state index contributed by atoms with van der Waals surface area (Å²) in [6, 6.07) is 2.50. The summed E-state index contributed by atoms with van der Waals surface area (Å²) >= 11 is 6.23. The summed E-state index contributed by atoms with van der Waals surface area (Å²) in [6.07, 6.45) is 5.35. The van der Waals surface area contributed by atoms with Gasteiger partial charge in [-0.05, 0) is 39.3 Å². The van der Waals surface area contributed by atoms with E-state index in [4.69, 9.17) is 11.6 Å². The van der Waals surface area contributed by atoms with E-state index in [0.29, 0.717) is 16.6 Å². The molecule has 2 aliphatic rings. The van der Waals surface area contributed by atoms with Gasteiger partial charge in [-0.2, -0.15) is 0 Å². The Morgan fingerprint density at radius 2 is 2.19 bits per heavy atom. The molecule has 2 aliphatic heterocycles. The number of hydrogen-bond donors (Lipinski definition) is 0. The Kier molecular flexibility index (Phi) is 4.18. The first-order valence-corrected chi connectivity index (χ1v) is 8.11. The number of halogens is 1. The molecule has 2 unspecified atom stereocenters. The highest BCUT2D eigenvalue weighted by molar-refractivity contribution is 6.33. The van der Waals surface area contributed by atoms with Gasteiger partial charge in [0.25, 0.3) is 5.91 Å². The van der Waals surface area contributed by atoms with Crippen molar-refractivity contribution in [3.8, 4) is 0 Å². The van der Waals surface area contributed by atoms with Crippen LogP contribution in [0, 0.1) is 6.92 Å². The molecule has 0 radical (unpaired) electrons. The highest BCUT2D eigenvalue weighted by atomic mass is 35.5. The second kappa shape index (κ2) is 5.93. The van der Waals surface area contributed by atoms with Crippen LogP contribution in [0.25, 0.3) is 0 Å². The molecule has 3 heterocycles. The number of piperazine rings is 1. The number of fused-ring (bicyclic) bond motifs is 1. The van der Waals surface area contributed by atoms with Crippen LogP contribution < -0.4 is 0 Å². The van der Waals surface area contributed by atoms with Crippen LogP contribution in [-0.2, 0) is 0 Å². The van der Waals surface area contributed by atoms with E-state index in [1.54, 1.807) is 12.3 Å². The van der Waals surface area contributed by atoms with Gasteiger partial charge in [0.1, 0.15) is 0 Å². The van der Waals surface area contributed by atoms with Crippen LogP contribution in [0.2, 0.25) is 5.02 Å². The largest absolute Gasteiger partial charge is 0.333 e. The van der Waals surface area contributed by atoms with Crippen molar-refractivity contribution < 1.29 is 4.79 Å². The molecule has 0 bridgehead atoms. The third-order valence-electron chi connectivity index (χ3n) is 4.67. The summed E-state index contributed by atoms with van der Waals surface area (Å²) in [6.45, 7) is 6.95. The van der Waals surface area contributed by atoms with Gasteiger partial charge in [-0.15, -0.1) is 0 Å². The number of aryl methyl sites for hydroxylation is 1. The van der Waals surface area contributed by atoms with Crippen molar-refractivity contribution in [2.45, 2.75) is 45.2 Å². The molecule has 0 aromatic carbocycles. The maximum absolute atomic E-state index is 12.8.